The predicted molar refractivity (Wildman–Crippen MR) is 62.0 cm³/mol. The molecule has 17 heavy (non-hydrogen) atoms. The molecule has 1 heterocycles. The summed E-state index contributed by atoms with van der Waals surface area (Å²) < 4.78 is 0. The van der Waals surface area contributed by atoms with E-state index in [2.05, 4.69) is 17.2 Å². The van der Waals surface area contributed by atoms with E-state index >= 15 is 0 Å². The Bertz CT molecular complexity index is 354. The number of nitrogens with zero attached hydrogens (tertiary/aromatic N) is 1. The molecule has 1 fully saturated rings. The summed E-state index contributed by atoms with van der Waals surface area (Å²) in [6.07, 6.45) is 1.68. The van der Waals surface area contributed by atoms with Crippen LogP contribution in [0.1, 0.15) is 13.3 Å². The predicted octanol–water partition coefficient (Wildman–Crippen LogP) is -0.976. The molecule has 6 nitrogen and oxygen atoms in total. The van der Waals surface area contributed by atoms with Gasteiger partial charge in [0.2, 0.25) is 17.7 Å². The Morgan fingerprint density at radius 2 is 2.29 bits per heavy atom. The third-order valence-corrected chi connectivity index (χ3v) is 2.65. The van der Waals surface area contributed by atoms with Gasteiger partial charge >= 0.3 is 0 Å². The lowest BCUT2D eigenvalue weighted by molar-refractivity contribution is -0.137. The molecule has 1 saturated heterocycles. The zero-order valence-corrected chi connectivity index (χ0v) is 10.0. The van der Waals surface area contributed by atoms with Crippen molar-refractivity contribution in [1.29, 1.82) is 0 Å². The van der Waals surface area contributed by atoms with Gasteiger partial charge in [0, 0.05) is 13.6 Å². The third kappa shape index (κ3) is 3.13. The maximum Gasteiger partial charge on any atom is 0.246 e. The Morgan fingerprint density at radius 3 is 2.76 bits per heavy atom. The number of nitrogens with one attached hydrogen (secondary N) is 2. The van der Waals surface area contributed by atoms with Crippen molar-refractivity contribution in [2.24, 2.45) is 0 Å². The number of carbonyl (C=O) groups is 3. The molecule has 1 aliphatic rings. The smallest absolute Gasteiger partial charge is 0.246 e. The average molecular weight is 239 g/mol. The molecule has 0 saturated carbocycles. The molecule has 2 unspecified atom stereocenters. The van der Waals surface area contributed by atoms with Crippen LogP contribution in [0.2, 0.25) is 0 Å². The van der Waals surface area contributed by atoms with Crippen molar-refractivity contribution in [2.75, 3.05) is 13.6 Å². The highest BCUT2D eigenvalue weighted by Crippen LogP contribution is 2.11. The maximum atomic E-state index is 11.6. The minimum absolute atomic E-state index is 0.106. The molecule has 2 N–H and O–H groups in total. The van der Waals surface area contributed by atoms with Crippen LogP contribution in [-0.4, -0.2) is 48.3 Å². The van der Waals surface area contributed by atoms with E-state index in [9.17, 15) is 14.4 Å². The Hall–Kier alpha value is -1.69. The number of carbonyl (C=O) groups excluding carboxylic acids is 3. The molecule has 0 spiro atoms. The number of imide groups is 1. The average Bonchev–Trinajstić information content (AvgIpc) is 2.54. The summed E-state index contributed by atoms with van der Waals surface area (Å²) in [7, 11) is 1.44. The maximum absolute atomic E-state index is 11.6. The van der Waals surface area contributed by atoms with Crippen molar-refractivity contribution in [3.05, 3.63) is 12.7 Å². The molecule has 1 rings (SSSR count). The Morgan fingerprint density at radius 1 is 1.65 bits per heavy atom. The molecule has 94 valence electrons. The van der Waals surface area contributed by atoms with Crippen LogP contribution in [0.3, 0.4) is 0 Å². The minimum Gasteiger partial charge on any atom is -0.351 e. The van der Waals surface area contributed by atoms with Gasteiger partial charge in [-0.2, -0.15) is 0 Å². The van der Waals surface area contributed by atoms with Crippen LogP contribution in [0.5, 0.6) is 0 Å². The van der Waals surface area contributed by atoms with Crippen LogP contribution >= 0.6 is 0 Å². The summed E-state index contributed by atoms with van der Waals surface area (Å²) in [6.45, 7) is 5.51. The van der Waals surface area contributed by atoms with E-state index in [4.69, 9.17) is 0 Å². The van der Waals surface area contributed by atoms with E-state index in [1.807, 2.05) is 0 Å². The highest BCUT2D eigenvalue weighted by molar-refractivity contribution is 6.05. The first-order valence-electron chi connectivity index (χ1n) is 5.42. The zero-order valence-electron chi connectivity index (χ0n) is 10.0. The summed E-state index contributed by atoms with van der Waals surface area (Å²) in [5, 5.41) is 5.45. The van der Waals surface area contributed by atoms with E-state index < -0.39 is 12.1 Å². The fourth-order valence-corrected chi connectivity index (χ4v) is 1.59. The normalized spacial score (nSPS) is 21.5. The SMILES string of the molecule is C=CCNC(=O)C(C)NC1CC(=O)N(C)C1=O. The lowest BCUT2D eigenvalue weighted by Gasteiger charge is -2.17. The summed E-state index contributed by atoms with van der Waals surface area (Å²) in [4.78, 5) is 35.5. The lowest BCUT2D eigenvalue weighted by Crippen LogP contribution is -2.49. The summed E-state index contributed by atoms with van der Waals surface area (Å²) in [5.74, 6) is -0.746. The molecule has 0 radical (unpaired) electrons. The second kappa shape index (κ2) is 5.58. The number of likely N-dealkylation sites (N-methyl/N-ethyl adjacent to an activating group) is 1. The van der Waals surface area contributed by atoms with Crippen molar-refractivity contribution in [3.8, 4) is 0 Å². The quantitative estimate of drug-likeness (QED) is 0.477. The monoisotopic (exact) mass is 239 g/mol. The minimum atomic E-state index is -0.600. The van der Waals surface area contributed by atoms with Crippen molar-refractivity contribution in [2.45, 2.75) is 25.4 Å². The van der Waals surface area contributed by atoms with Crippen molar-refractivity contribution >= 4 is 17.7 Å². The summed E-state index contributed by atoms with van der Waals surface area (Å²) in [6, 6.07) is -1.12. The Labute approximate surface area is 100 Å². The molecular weight excluding hydrogens is 222 g/mol. The van der Waals surface area contributed by atoms with Crippen molar-refractivity contribution < 1.29 is 14.4 Å². The van der Waals surface area contributed by atoms with Crippen LogP contribution in [-0.2, 0) is 14.4 Å². The second-order valence-electron chi connectivity index (χ2n) is 3.97. The van der Waals surface area contributed by atoms with Gasteiger partial charge in [-0.05, 0) is 6.92 Å². The van der Waals surface area contributed by atoms with Gasteiger partial charge in [0.1, 0.15) is 0 Å². The van der Waals surface area contributed by atoms with Gasteiger partial charge in [-0.15, -0.1) is 6.58 Å². The molecular formula is C11H17N3O3. The lowest BCUT2D eigenvalue weighted by atomic mass is 10.2. The fraction of sp³-hybridized carbons (Fsp3) is 0.545. The number of likely N-dealkylation sites (tertiary alicyclic amines) is 1. The number of amides is 3. The largest absolute Gasteiger partial charge is 0.351 e. The van der Waals surface area contributed by atoms with Crippen LogP contribution in [0.25, 0.3) is 0 Å². The van der Waals surface area contributed by atoms with Gasteiger partial charge in [0.25, 0.3) is 0 Å². The highest BCUT2D eigenvalue weighted by atomic mass is 16.2. The molecule has 3 amide bonds. The summed E-state index contributed by atoms with van der Waals surface area (Å²) >= 11 is 0. The van der Waals surface area contributed by atoms with Gasteiger partial charge in [-0.25, -0.2) is 0 Å². The van der Waals surface area contributed by atoms with E-state index in [0.717, 1.165) is 4.90 Å². The van der Waals surface area contributed by atoms with Gasteiger partial charge in [-0.3, -0.25) is 24.6 Å². The fourth-order valence-electron chi connectivity index (χ4n) is 1.59. The first-order valence-corrected chi connectivity index (χ1v) is 5.42. The van der Waals surface area contributed by atoms with Crippen molar-refractivity contribution in [3.63, 3.8) is 0 Å². The van der Waals surface area contributed by atoms with Crippen molar-refractivity contribution in [1.82, 2.24) is 15.5 Å². The molecule has 0 aromatic rings. The van der Waals surface area contributed by atoms with E-state index in [0.29, 0.717) is 6.54 Å². The standard InChI is InChI=1S/C11H17N3O3/c1-4-5-12-10(16)7(2)13-8-6-9(15)14(3)11(8)17/h4,7-8,13H,1,5-6H2,2-3H3,(H,12,16). The summed E-state index contributed by atoms with van der Waals surface area (Å²) in [5.41, 5.74) is 0. The van der Waals surface area contributed by atoms with Gasteiger partial charge in [0.05, 0.1) is 18.5 Å². The first kappa shape index (κ1) is 13.4. The third-order valence-electron chi connectivity index (χ3n) is 2.65. The number of hydrogen-bond donors (Lipinski definition) is 2. The van der Waals surface area contributed by atoms with Crippen LogP contribution in [0.15, 0.2) is 12.7 Å². The molecule has 0 aromatic carbocycles. The topological polar surface area (TPSA) is 78.5 Å². The molecule has 1 aliphatic heterocycles. The molecule has 0 aromatic heterocycles. The van der Waals surface area contributed by atoms with Gasteiger partial charge < -0.3 is 5.32 Å². The molecule has 6 heteroatoms. The van der Waals surface area contributed by atoms with Gasteiger partial charge in [0.15, 0.2) is 0 Å². The molecule has 2 atom stereocenters. The van der Waals surface area contributed by atoms with Crippen LogP contribution < -0.4 is 10.6 Å². The zero-order chi connectivity index (χ0) is 13.0. The van der Waals surface area contributed by atoms with Crippen LogP contribution in [0, 0.1) is 0 Å². The highest BCUT2D eigenvalue weighted by Gasteiger charge is 2.37. The van der Waals surface area contributed by atoms with Gasteiger partial charge in [-0.1, -0.05) is 6.08 Å². The van der Waals surface area contributed by atoms with E-state index in [-0.39, 0.29) is 24.1 Å². The molecule has 0 aliphatic carbocycles. The number of hydrogen-bond acceptors (Lipinski definition) is 4. The molecule has 0 bridgehead atoms. The number of rotatable bonds is 5. The van der Waals surface area contributed by atoms with E-state index in [1.54, 1.807) is 13.0 Å². The Balaban J connectivity index is 2.49. The first-order chi connectivity index (χ1) is 7.97. The second-order valence-corrected chi connectivity index (χ2v) is 3.97. The Kier molecular flexibility index (Phi) is 4.39. The van der Waals surface area contributed by atoms with E-state index in [1.165, 1.54) is 7.05 Å². The van der Waals surface area contributed by atoms with Crippen LogP contribution in [0.4, 0.5) is 0 Å².